The quantitative estimate of drug-likeness (QED) is 0.898. The third kappa shape index (κ3) is 3.81. The molecule has 0 saturated heterocycles. The Labute approximate surface area is 103 Å². The SMILES string of the molecule is O=C(CCOc1cncc(Br)c1)NC1CC1. The van der Waals surface area contributed by atoms with Gasteiger partial charge in [0.15, 0.2) is 0 Å². The molecule has 1 aromatic rings. The van der Waals surface area contributed by atoms with Crippen LogP contribution in [0.3, 0.4) is 0 Å². The molecule has 1 fully saturated rings. The Balaban J connectivity index is 1.68. The van der Waals surface area contributed by atoms with Crippen molar-refractivity contribution in [3.8, 4) is 5.75 Å². The maximum absolute atomic E-state index is 11.3. The highest BCUT2D eigenvalue weighted by Gasteiger charge is 2.22. The Morgan fingerprint density at radius 1 is 1.56 bits per heavy atom. The van der Waals surface area contributed by atoms with Crippen molar-refractivity contribution in [3.05, 3.63) is 22.9 Å². The van der Waals surface area contributed by atoms with Crippen LogP contribution in [0.2, 0.25) is 0 Å². The van der Waals surface area contributed by atoms with Crippen LogP contribution in [0.5, 0.6) is 5.75 Å². The number of nitrogens with one attached hydrogen (secondary N) is 1. The molecule has 1 aliphatic rings. The predicted octanol–water partition coefficient (Wildman–Crippen LogP) is 1.89. The van der Waals surface area contributed by atoms with E-state index in [2.05, 4.69) is 26.2 Å². The summed E-state index contributed by atoms with van der Waals surface area (Å²) < 4.78 is 6.27. The molecule has 0 spiro atoms. The normalized spacial score (nSPS) is 14.6. The molecular weight excluding hydrogens is 272 g/mol. The number of rotatable bonds is 5. The molecule has 0 aliphatic heterocycles. The van der Waals surface area contributed by atoms with E-state index in [4.69, 9.17) is 4.74 Å². The first kappa shape index (κ1) is 11.4. The van der Waals surface area contributed by atoms with E-state index in [1.54, 1.807) is 12.4 Å². The average Bonchev–Trinajstić information content (AvgIpc) is 3.02. The summed E-state index contributed by atoms with van der Waals surface area (Å²) in [7, 11) is 0. The Bertz CT molecular complexity index is 380. The van der Waals surface area contributed by atoms with Gasteiger partial charge in [0, 0.05) is 16.7 Å². The van der Waals surface area contributed by atoms with Crippen molar-refractivity contribution in [1.82, 2.24) is 10.3 Å². The molecule has 1 heterocycles. The number of hydrogen-bond acceptors (Lipinski definition) is 3. The lowest BCUT2D eigenvalue weighted by Gasteiger charge is -2.06. The van der Waals surface area contributed by atoms with Crippen LogP contribution in [0.15, 0.2) is 22.9 Å². The van der Waals surface area contributed by atoms with Crippen molar-refractivity contribution in [1.29, 1.82) is 0 Å². The standard InChI is InChI=1S/C11H13BrN2O2/c12-8-5-10(7-13-6-8)16-4-3-11(15)14-9-1-2-9/h5-7,9H,1-4H2,(H,14,15). The van der Waals surface area contributed by atoms with E-state index in [0.717, 1.165) is 17.3 Å². The second-order valence-corrected chi connectivity index (χ2v) is 4.69. The van der Waals surface area contributed by atoms with Gasteiger partial charge in [-0.3, -0.25) is 9.78 Å². The molecule has 0 bridgehead atoms. The van der Waals surface area contributed by atoms with Gasteiger partial charge in [-0.1, -0.05) is 0 Å². The Morgan fingerprint density at radius 3 is 3.06 bits per heavy atom. The van der Waals surface area contributed by atoms with E-state index in [0.29, 0.717) is 24.8 Å². The van der Waals surface area contributed by atoms with Crippen LogP contribution in [-0.4, -0.2) is 23.5 Å². The van der Waals surface area contributed by atoms with Gasteiger partial charge in [0.25, 0.3) is 0 Å². The first-order valence-corrected chi connectivity index (χ1v) is 6.06. The molecule has 86 valence electrons. The van der Waals surface area contributed by atoms with Crippen molar-refractivity contribution in [3.63, 3.8) is 0 Å². The Morgan fingerprint density at radius 2 is 2.38 bits per heavy atom. The number of halogens is 1. The Kier molecular flexibility index (Phi) is 3.77. The van der Waals surface area contributed by atoms with Gasteiger partial charge in [-0.25, -0.2) is 0 Å². The van der Waals surface area contributed by atoms with Gasteiger partial charge in [-0.05, 0) is 34.8 Å². The minimum atomic E-state index is 0.0606. The second-order valence-electron chi connectivity index (χ2n) is 3.78. The van der Waals surface area contributed by atoms with Crippen LogP contribution in [-0.2, 0) is 4.79 Å². The number of carbonyl (C=O) groups is 1. The molecule has 1 aromatic heterocycles. The molecule has 1 saturated carbocycles. The molecular formula is C11H13BrN2O2. The number of aromatic nitrogens is 1. The van der Waals surface area contributed by atoms with E-state index in [9.17, 15) is 4.79 Å². The molecule has 16 heavy (non-hydrogen) atoms. The highest BCUT2D eigenvalue weighted by molar-refractivity contribution is 9.10. The fraction of sp³-hybridized carbons (Fsp3) is 0.455. The number of ether oxygens (including phenoxy) is 1. The third-order valence-electron chi connectivity index (χ3n) is 2.22. The van der Waals surface area contributed by atoms with Gasteiger partial charge in [-0.2, -0.15) is 0 Å². The lowest BCUT2D eigenvalue weighted by molar-refractivity contribution is -0.121. The van der Waals surface area contributed by atoms with Crippen LogP contribution in [0.25, 0.3) is 0 Å². The maximum Gasteiger partial charge on any atom is 0.223 e. The van der Waals surface area contributed by atoms with Crippen molar-refractivity contribution in [2.45, 2.75) is 25.3 Å². The lowest BCUT2D eigenvalue weighted by Crippen LogP contribution is -2.26. The molecule has 0 unspecified atom stereocenters. The van der Waals surface area contributed by atoms with E-state index in [-0.39, 0.29) is 5.91 Å². The molecule has 0 atom stereocenters. The summed E-state index contributed by atoms with van der Waals surface area (Å²) in [5.41, 5.74) is 0. The van der Waals surface area contributed by atoms with Gasteiger partial charge in [0.1, 0.15) is 5.75 Å². The smallest absolute Gasteiger partial charge is 0.223 e. The molecule has 4 nitrogen and oxygen atoms in total. The lowest BCUT2D eigenvalue weighted by atomic mass is 10.4. The fourth-order valence-electron chi connectivity index (χ4n) is 1.26. The van der Waals surface area contributed by atoms with E-state index >= 15 is 0 Å². The highest BCUT2D eigenvalue weighted by atomic mass is 79.9. The van der Waals surface area contributed by atoms with Gasteiger partial charge in [0.2, 0.25) is 5.91 Å². The largest absolute Gasteiger partial charge is 0.491 e. The predicted molar refractivity (Wildman–Crippen MR) is 63.2 cm³/mol. The van der Waals surface area contributed by atoms with Crippen molar-refractivity contribution < 1.29 is 9.53 Å². The van der Waals surface area contributed by atoms with Crippen LogP contribution in [0.1, 0.15) is 19.3 Å². The Hall–Kier alpha value is -1.10. The van der Waals surface area contributed by atoms with Crippen LogP contribution >= 0.6 is 15.9 Å². The topological polar surface area (TPSA) is 51.2 Å². The first-order chi connectivity index (χ1) is 7.74. The minimum absolute atomic E-state index is 0.0606. The zero-order valence-corrected chi connectivity index (χ0v) is 10.4. The molecule has 1 aliphatic carbocycles. The van der Waals surface area contributed by atoms with E-state index < -0.39 is 0 Å². The van der Waals surface area contributed by atoms with Crippen LogP contribution < -0.4 is 10.1 Å². The number of nitrogens with zero attached hydrogens (tertiary/aromatic N) is 1. The number of pyridine rings is 1. The molecule has 1 N–H and O–H groups in total. The molecule has 0 radical (unpaired) electrons. The van der Waals surface area contributed by atoms with Crippen molar-refractivity contribution >= 4 is 21.8 Å². The summed E-state index contributed by atoms with van der Waals surface area (Å²) in [5.74, 6) is 0.735. The summed E-state index contributed by atoms with van der Waals surface area (Å²) in [6.07, 6.45) is 5.93. The summed E-state index contributed by atoms with van der Waals surface area (Å²) in [6.45, 7) is 0.386. The highest BCUT2D eigenvalue weighted by Crippen LogP contribution is 2.19. The monoisotopic (exact) mass is 284 g/mol. The van der Waals surface area contributed by atoms with Crippen molar-refractivity contribution in [2.75, 3.05) is 6.61 Å². The first-order valence-electron chi connectivity index (χ1n) is 5.27. The zero-order chi connectivity index (χ0) is 11.4. The molecule has 2 rings (SSSR count). The summed E-state index contributed by atoms with van der Waals surface area (Å²) >= 11 is 3.30. The average molecular weight is 285 g/mol. The van der Waals surface area contributed by atoms with Gasteiger partial charge < -0.3 is 10.1 Å². The number of hydrogen-bond donors (Lipinski definition) is 1. The number of amides is 1. The van der Waals surface area contributed by atoms with Gasteiger partial charge >= 0.3 is 0 Å². The second kappa shape index (κ2) is 5.30. The van der Waals surface area contributed by atoms with E-state index in [1.165, 1.54) is 0 Å². The van der Waals surface area contributed by atoms with Crippen LogP contribution in [0.4, 0.5) is 0 Å². The minimum Gasteiger partial charge on any atom is -0.491 e. The van der Waals surface area contributed by atoms with E-state index in [1.807, 2.05) is 6.07 Å². The zero-order valence-electron chi connectivity index (χ0n) is 8.78. The summed E-state index contributed by atoms with van der Waals surface area (Å²) in [6, 6.07) is 2.24. The molecule has 0 aromatic carbocycles. The molecule has 1 amide bonds. The van der Waals surface area contributed by atoms with Crippen LogP contribution in [0, 0.1) is 0 Å². The maximum atomic E-state index is 11.3. The third-order valence-corrected chi connectivity index (χ3v) is 2.65. The summed E-state index contributed by atoms with van der Waals surface area (Å²) in [4.78, 5) is 15.3. The van der Waals surface area contributed by atoms with Crippen molar-refractivity contribution in [2.24, 2.45) is 0 Å². The number of carbonyl (C=O) groups excluding carboxylic acids is 1. The summed E-state index contributed by atoms with van der Waals surface area (Å²) in [5, 5.41) is 2.91. The molecule has 5 heteroatoms. The van der Waals surface area contributed by atoms with Gasteiger partial charge in [0.05, 0.1) is 19.2 Å². The van der Waals surface area contributed by atoms with Gasteiger partial charge in [-0.15, -0.1) is 0 Å². The fourth-order valence-corrected chi connectivity index (χ4v) is 1.60.